The Labute approximate surface area is 69.3 Å². The van der Waals surface area contributed by atoms with Crippen molar-refractivity contribution in [1.82, 2.24) is 5.32 Å². The smallest absolute Gasteiger partial charge is 0.0810 e. The van der Waals surface area contributed by atoms with Gasteiger partial charge in [-0.25, -0.2) is 0 Å². The van der Waals surface area contributed by atoms with E-state index in [-0.39, 0.29) is 0 Å². The topological polar surface area (TPSA) is 24.6 Å². The van der Waals surface area contributed by atoms with Gasteiger partial charge in [0.1, 0.15) is 0 Å². The molecule has 0 aromatic heterocycles. The van der Waals surface area contributed by atoms with Gasteiger partial charge in [0.15, 0.2) is 0 Å². The second kappa shape index (κ2) is 4.73. The third kappa shape index (κ3) is 5.22. The number of nitrogens with one attached hydrogen (secondary N) is 1. The van der Waals surface area contributed by atoms with E-state index in [1.165, 1.54) is 12.8 Å². The summed E-state index contributed by atoms with van der Waals surface area (Å²) in [7, 11) is 0. The van der Waals surface area contributed by atoms with Gasteiger partial charge in [0, 0.05) is 0 Å². The first-order valence-electron chi connectivity index (χ1n) is 4.61. The van der Waals surface area contributed by atoms with Crippen LogP contribution in [-0.4, -0.2) is 25.8 Å². The Morgan fingerprint density at radius 2 is 2.27 bits per heavy atom. The maximum Gasteiger partial charge on any atom is 0.0810 e. The molecule has 1 rings (SSSR count). The molecule has 11 heavy (non-hydrogen) atoms. The van der Waals surface area contributed by atoms with Gasteiger partial charge in [-0.2, -0.15) is 0 Å². The summed E-state index contributed by atoms with van der Waals surface area (Å²) >= 11 is 0. The minimum Gasteiger partial charge on any atom is -0.373 e. The average molecular weight is 157 g/mol. The standard InChI is InChI=1S/C9H19NO/c1-8(2)6-10-5-3-4-9-7-11-9/h8-10H,3-7H2,1-2H3. The van der Waals surface area contributed by atoms with Crippen LogP contribution >= 0.6 is 0 Å². The van der Waals surface area contributed by atoms with E-state index in [0.717, 1.165) is 25.6 Å². The highest BCUT2D eigenvalue weighted by Crippen LogP contribution is 2.14. The maximum atomic E-state index is 5.11. The van der Waals surface area contributed by atoms with Crippen molar-refractivity contribution >= 4 is 0 Å². The minimum atomic E-state index is 0.607. The zero-order chi connectivity index (χ0) is 8.10. The number of rotatable bonds is 6. The van der Waals surface area contributed by atoms with Crippen molar-refractivity contribution in [3.8, 4) is 0 Å². The molecule has 2 nitrogen and oxygen atoms in total. The molecule has 0 aromatic carbocycles. The Kier molecular flexibility index (Phi) is 3.87. The van der Waals surface area contributed by atoms with Crippen LogP contribution in [-0.2, 0) is 4.74 Å². The number of ether oxygens (including phenoxy) is 1. The molecule has 2 heteroatoms. The molecule has 0 saturated carbocycles. The first-order valence-corrected chi connectivity index (χ1v) is 4.61. The van der Waals surface area contributed by atoms with Crippen LogP contribution in [0.3, 0.4) is 0 Å². The highest BCUT2D eigenvalue weighted by atomic mass is 16.6. The van der Waals surface area contributed by atoms with E-state index < -0.39 is 0 Å². The van der Waals surface area contributed by atoms with Crippen LogP contribution in [0.25, 0.3) is 0 Å². The molecule has 1 heterocycles. The van der Waals surface area contributed by atoms with Crippen molar-refractivity contribution < 1.29 is 4.74 Å². The van der Waals surface area contributed by atoms with Crippen molar-refractivity contribution in [2.45, 2.75) is 32.8 Å². The van der Waals surface area contributed by atoms with Crippen molar-refractivity contribution in [2.24, 2.45) is 5.92 Å². The minimum absolute atomic E-state index is 0.607. The summed E-state index contributed by atoms with van der Waals surface area (Å²) in [6.45, 7) is 7.77. The number of hydrogen-bond donors (Lipinski definition) is 1. The fourth-order valence-corrected chi connectivity index (χ4v) is 1.08. The van der Waals surface area contributed by atoms with Crippen LogP contribution in [0, 0.1) is 5.92 Å². The Bertz CT molecular complexity index is 95.7. The van der Waals surface area contributed by atoms with E-state index in [1.807, 2.05) is 0 Å². The van der Waals surface area contributed by atoms with E-state index in [2.05, 4.69) is 19.2 Å². The van der Waals surface area contributed by atoms with E-state index in [4.69, 9.17) is 4.74 Å². The molecule has 1 saturated heterocycles. The molecule has 1 aliphatic heterocycles. The van der Waals surface area contributed by atoms with E-state index in [1.54, 1.807) is 0 Å². The SMILES string of the molecule is CC(C)CNCCCC1CO1. The fourth-order valence-electron chi connectivity index (χ4n) is 1.08. The highest BCUT2D eigenvalue weighted by molar-refractivity contribution is 4.68. The van der Waals surface area contributed by atoms with Crippen molar-refractivity contribution in [3.05, 3.63) is 0 Å². The highest BCUT2D eigenvalue weighted by Gasteiger charge is 2.20. The quantitative estimate of drug-likeness (QED) is 0.466. The van der Waals surface area contributed by atoms with Crippen molar-refractivity contribution in [1.29, 1.82) is 0 Å². The van der Waals surface area contributed by atoms with E-state index >= 15 is 0 Å². The van der Waals surface area contributed by atoms with Crippen LogP contribution in [0.1, 0.15) is 26.7 Å². The predicted octanol–water partition coefficient (Wildman–Crippen LogP) is 1.41. The van der Waals surface area contributed by atoms with Gasteiger partial charge in [0.2, 0.25) is 0 Å². The zero-order valence-electron chi connectivity index (χ0n) is 7.60. The van der Waals surface area contributed by atoms with Gasteiger partial charge in [0.25, 0.3) is 0 Å². The second-order valence-corrected chi connectivity index (χ2v) is 3.70. The third-order valence-electron chi connectivity index (χ3n) is 1.83. The van der Waals surface area contributed by atoms with Crippen LogP contribution in [0.2, 0.25) is 0 Å². The molecule has 1 N–H and O–H groups in total. The van der Waals surface area contributed by atoms with Crippen molar-refractivity contribution in [3.63, 3.8) is 0 Å². The molecule has 0 aromatic rings. The van der Waals surface area contributed by atoms with Gasteiger partial charge in [0.05, 0.1) is 12.7 Å². The lowest BCUT2D eigenvalue weighted by molar-refractivity contribution is 0.388. The molecular weight excluding hydrogens is 138 g/mol. The van der Waals surface area contributed by atoms with Gasteiger partial charge in [-0.15, -0.1) is 0 Å². The van der Waals surface area contributed by atoms with Gasteiger partial charge in [-0.05, 0) is 31.8 Å². The summed E-state index contributed by atoms with van der Waals surface area (Å²) in [6, 6.07) is 0. The number of hydrogen-bond acceptors (Lipinski definition) is 2. The lowest BCUT2D eigenvalue weighted by atomic mass is 10.2. The summed E-state index contributed by atoms with van der Waals surface area (Å²) in [5.74, 6) is 0.771. The molecule has 0 bridgehead atoms. The zero-order valence-corrected chi connectivity index (χ0v) is 7.60. The molecular formula is C9H19NO. The molecule has 1 aliphatic rings. The molecule has 0 aliphatic carbocycles. The lowest BCUT2D eigenvalue weighted by Gasteiger charge is -2.05. The Morgan fingerprint density at radius 3 is 2.82 bits per heavy atom. The monoisotopic (exact) mass is 157 g/mol. The molecule has 0 radical (unpaired) electrons. The van der Waals surface area contributed by atoms with Gasteiger partial charge in [-0.3, -0.25) is 0 Å². The molecule has 0 amide bonds. The summed E-state index contributed by atoms with van der Waals surface area (Å²) in [6.07, 6.45) is 3.11. The molecule has 0 spiro atoms. The van der Waals surface area contributed by atoms with E-state index in [0.29, 0.717) is 6.10 Å². The van der Waals surface area contributed by atoms with Crippen molar-refractivity contribution in [2.75, 3.05) is 19.7 Å². The van der Waals surface area contributed by atoms with Gasteiger partial charge >= 0.3 is 0 Å². The largest absolute Gasteiger partial charge is 0.373 e. The van der Waals surface area contributed by atoms with Crippen LogP contribution in [0.4, 0.5) is 0 Å². The second-order valence-electron chi connectivity index (χ2n) is 3.70. The van der Waals surface area contributed by atoms with Crippen LogP contribution in [0.15, 0.2) is 0 Å². The van der Waals surface area contributed by atoms with E-state index in [9.17, 15) is 0 Å². The Hall–Kier alpha value is -0.0800. The van der Waals surface area contributed by atoms with Gasteiger partial charge in [-0.1, -0.05) is 13.8 Å². The predicted molar refractivity (Wildman–Crippen MR) is 46.7 cm³/mol. The van der Waals surface area contributed by atoms with Crippen LogP contribution < -0.4 is 5.32 Å². The maximum absolute atomic E-state index is 5.11. The average Bonchev–Trinajstić information content (AvgIpc) is 2.70. The molecule has 66 valence electrons. The summed E-state index contributed by atoms with van der Waals surface area (Å²) < 4.78 is 5.11. The molecule has 1 atom stereocenters. The van der Waals surface area contributed by atoms with Gasteiger partial charge < -0.3 is 10.1 Å². The Morgan fingerprint density at radius 1 is 1.55 bits per heavy atom. The fraction of sp³-hybridized carbons (Fsp3) is 1.00. The molecule has 1 fully saturated rings. The third-order valence-corrected chi connectivity index (χ3v) is 1.83. The molecule has 1 unspecified atom stereocenters. The first kappa shape index (κ1) is 9.01. The summed E-state index contributed by atoms with van der Waals surface area (Å²) in [5, 5.41) is 3.41. The number of epoxide rings is 1. The van der Waals surface area contributed by atoms with Crippen LogP contribution in [0.5, 0.6) is 0 Å². The Balaban J connectivity index is 1.73. The summed E-state index contributed by atoms with van der Waals surface area (Å²) in [5.41, 5.74) is 0. The normalized spacial score (nSPS) is 22.6. The lowest BCUT2D eigenvalue weighted by Crippen LogP contribution is -2.20. The summed E-state index contributed by atoms with van der Waals surface area (Å²) in [4.78, 5) is 0. The first-order chi connectivity index (χ1) is 5.29.